The van der Waals surface area contributed by atoms with Gasteiger partial charge in [-0.2, -0.15) is 0 Å². The maximum absolute atomic E-state index is 12.8. The average Bonchev–Trinajstić information content (AvgIpc) is 3.08. The minimum absolute atomic E-state index is 0.229. The largest absolute Gasteiger partial charge is 0.396 e. The second-order valence-electron chi connectivity index (χ2n) is 13.5. The van der Waals surface area contributed by atoms with Gasteiger partial charge in [-0.25, -0.2) is 8.42 Å². The molecule has 3 nitrogen and oxygen atoms in total. The predicted molar refractivity (Wildman–Crippen MR) is 208 cm³/mol. The first-order chi connectivity index (χ1) is 23.0. The standard InChI is InChI=1S/C42H68O3S2/c1-2-3-4-5-6-7-8-9-10-12-15-18-21-24-37-46-41-32-28-39(29-33-41)26-27-40-30-34-42(35-31-40)47(44,45)38-25-22-19-16-13-11-14-17-20-23-36-43/h26-35,43H,2-25,36-38H2,1H3. The van der Waals surface area contributed by atoms with Gasteiger partial charge in [0, 0.05) is 11.5 Å². The average molecular weight is 685 g/mol. The van der Waals surface area contributed by atoms with E-state index in [-0.39, 0.29) is 5.75 Å². The maximum Gasteiger partial charge on any atom is 0.178 e. The number of hydrogen-bond acceptors (Lipinski definition) is 4. The highest BCUT2D eigenvalue weighted by Crippen LogP contribution is 2.22. The second-order valence-corrected chi connectivity index (χ2v) is 16.8. The summed E-state index contributed by atoms with van der Waals surface area (Å²) in [6, 6.07) is 16.1. The SMILES string of the molecule is CCCCCCCCCCCCCCCCSc1ccc(C=Cc2ccc(S(=O)(=O)CCCCCCCCCCCCO)cc2)cc1. The molecule has 0 fully saturated rings. The van der Waals surface area contributed by atoms with Crippen molar-refractivity contribution in [2.24, 2.45) is 0 Å². The van der Waals surface area contributed by atoms with E-state index in [4.69, 9.17) is 5.11 Å². The first-order valence-corrected chi connectivity index (χ1v) is 22.0. The molecule has 0 aliphatic heterocycles. The van der Waals surface area contributed by atoms with Crippen molar-refractivity contribution in [1.29, 1.82) is 0 Å². The number of rotatable bonds is 31. The quantitative estimate of drug-likeness (QED) is 0.0488. The van der Waals surface area contributed by atoms with Crippen LogP contribution in [0.25, 0.3) is 12.2 Å². The molecule has 0 saturated carbocycles. The van der Waals surface area contributed by atoms with Crippen LogP contribution in [0.3, 0.4) is 0 Å². The number of aliphatic hydroxyl groups excluding tert-OH is 1. The fraction of sp³-hybridized carbons (Fsp3) is 0.667. The normalized spacial score (nSPS) is 12.0. The summed E-state index contributed by atoms with van der Waals surface area (Å²) >= 11 is 1.96. The minimum Gasteiger partial charge on any atom is -0.396 e. The fourth-order valence-corrected chi connectivity index (χ4v) is 8.36. The molecule has 0 aliphatic rings. The number of benzene rings is 2. The Morgan fingerprint density at radius 3 is 1.34 bits per heavy atom. The third-order valence-corrected chi connectivity index (χ3v) is 12.1. The Balaban J connectivity index is 1.53. The lowest BCUT2D eigenvalue weighted by Gasteiger charge is -2.06. The highest BCUT2D eigenvalue weighted by Gasteiger charge is 2.13. The third kappa shape index (κ3) is 21.9. The summed E-state index contributed by atoms with van der Waals surface area (Å²) in [5.41, 5.74) is 2.17. The van der Waals surface area contributed by atoms with Gasteiger partial charge in [0.25, 0.3) is 0 Å². The van der Waals surface area contributed by atoms with Gasteiger partial charge in [-0.15, -0.1) is 11.8 Å². The van der Waals surface area contributed by atoms with Crippen LogP contribution in [0.5, 0.6) is 0 Å². The lowest BCUT2D eigenvalue weighted by molar-refractivity contribution is 0.282. The molecule has 0 aromatic heterocycles. The molecule has 0 amide bonds. The summed E-state index contributed by atoms with van der Waals surface area (Å²) in [4.78, 5) is 1.76. The van der Waals surface area contributed by atoms with Gasteiger partial charge in [0.1, 0.15) is 0 Å². The lowest BCUT2D eigenvalue weighted by atomic mass is 10.0. The minimum atomic E-state index is -3.23. The number of aliphatic hydroxyl groups is 1. The van der Waals surface area contributed by atoms with Gasteiger partial charge in [-0.05, 0) is 60.4 Å². The van der Waals surface area contributed by atoms with Crippen LogP contribution < -0.4 is 0 Å². The molecule has 0 bridgehead atoms. The molecule has 0 spiro atoms. The van der Waals surface area contributed by atoms with Crippen molar-refractivity contribution in [2.45, 2.75) is 171 Å². The van der Waals surface area contributed by atoms with Gasteiger partial charge in [-0.3, -0.25) is 0 Å². The molecule has 266 valence electrons. The summed E-state index contributed by atoms with van der Waals surface area (Å²) in [5.74, 6) is 1.42. The molecule has 0 unspecified atom stereocenters. The van der Waals surface area contributed by atoms with Crippen LogP contribution in [0.15, 0.2) is 58.3 Å². The van der Waals surface area contributed by atoms with E-state index in [0.29, 0.717) is 11.5 Å². The van der Waals surface area contributed by atoms with E-state index in [1.165, 1.54) is 133 Å². The molecule has 2 rings (SSSR count). The zero-order chi connectivity index (χ0) is 33.7. The van der Waals surface area contributed by atoms with Gasteiger partial charge in [0.05, 0.1) is 10.6 Å². The summed E-state index contributed by atoms with van der Waals surface area (Å²) in [5, 5.41) is 8.82. The zero-order valence-electron chi connectivity index (χ0n) is 29.9. The van der Waals surface area contributed by atoms with Gasteiger partial charge >= 0.3 is 0 Å². The Morgan fingerprint density at radius 2 is 0.894 bits per heavy atom. The summed E-state index contributed by atoms with van der Waals surface area (Å²) in [6.45, 7) is 2.59. The van der Waals surface area contributed by atoms with Gasteiger partial charge in [0.2, 0.25) is 0 Å². The molecule has 0 radical (unpaired) electrons. The first kappa shape index (κ1) is 41.6. The topological polar surface area (TPSA) is 54.4 Å². The van der Waals surface area contributed by atoms with Crippen LogP contribution in [0, 0.1) is 0 Å². The molecule has 0 aliphatic carbocycles. The van der Waals surface area contributed by atoms with Crippen LogP contribution in [0.2, 0.25) is 0 Å². The Morgan fingerprint density at radius 1 is 0.511 bits per heavy atom. The van der Waals surface area contributed by atoms with Crippen LogP contribution in [0.1, 0.15) is 172 Å². The zero-order valence-corrected chi connectivity index (χ0v) is 31.6. The van der Waals surface area contributed by atoms with Crippen molar-refractivity contribution in [2.75, 3.05) is 18.1 Å². The van der Waals surface area contributed by atoms with E-state index in [1.807, 2.05) is 23.9 Å². The van der Waals surface area contributed by atoms with Crippen molar-refractivity contribution >= 4 is 33.8 Å². The van der Waals surface area contributed by atoms with Gasteiger partial charge in [-0.1, -0.05) is 178 Å². The van der Waals surface area contributed by atoms with Crippen LogP contribution in [-0.2, 0) is 9.84 Å². The molecule has 0 atom stereocenters. The summed E-state index contributed by atoms with van der Waals surface area (Å²) in [7, 11) is -3.23. The lowest BCUT2D eigenvalue weighted by Crippen LogP contribution is -2.06. The van der Waals surface area contributed by atoms with E-state index < -0.39 is 9.84 Å². The summed E-state index contributed by atoms with van der Waals surface area (Å²) < 4.78 is 25.6. The number of sulfone groups is 1. The molecule has 5 heteroatoms. The van der Waals surface area contributed by atoms with E-state index in [2.05, 4.69) is 43.3 Å². The monoisotopic (exact) mass is 684 g/mol. The van der Waals surface area contributed by atoms with E-state index in [9.17, 15) is 8.42 Å². The Labute approximate surface area is 294 Å². The molecular formula is C42H68O3S2. The second kappa shape index (κ2) is 28.3. The highest BCUT2D eigenvalue weighted by molar-refractivity contribution is 7.99. The number of unbranched alkanes of at least 4 members (excludes halogenated alkanes) is 22. The first-order valence-electron chi connectivity index (χ1n) is 19.4. The number of thioether (sulfide) groups is 1. The molecular weight excluding hydrogens is 617 g/mol. The van der Waals surface area contributed by atoms with Crippen LogP contribution in [0.4, 0.5) is 0 Å². The van der Waals surface area contributed by atoms with Crippen LogP contribution >= 0.6 is 11.8 Å². The fourth-order valence-electron chi connectivity index (χ4n) is 6.08. The van der Waals surface area contributed by atoms with Crippen molar-refractivity contribution in [1.82, 2.24) is 0 Å². The maximum atomic E-state index is 12.8. The van der Waals surface area contributed by atoms with Crippen molar-refractivity contribution in [3.63, 3.8) is 0 Å². The Kier molecular flexibility index (Phi) is 25.1. The third-order valence-electron chi connectivity index (χ3n) is 9.18. The highest BCUT2D eigenvalue weighted by atomic mass is 32.2. The predicted octanol–water partition coefficient (Wildman–Crippen LogP) is 13.1. The van der Waals surface area contributed by atoms with E-state index >= 15 is 0 Å². The molecule has 0 saturated heterocycles. The molecule has 1 N–H and O–H groups in total. The molecule has 2 aromatic carbocycles. The number of hydrogen-bond donors (Lipinski definition) is 1. The molecule has 2 aromatic rings. The van der Waals surface area contributed by atoms with Gasteiger partial charge < -0.3 is 5.11 Å². The van der Waals surface area contributed by atoms with Crippen molar-refractivity contribution < 1.29 is 13.5 Å². The van der Waals surface area contributed by atoms with E-state index in [0.717, 1.165) is 43.2 Å². The molecule has 0 heterocycles. The van der Waals surface area contributed by atoms with E-state index in [1.54, 1.807) is 12.1 Å². The smallest absolute Gasteiger partial charge is 0.178 e. The Bertz CT molecular complexity index is 1120. The van der Waals surface area contributed by atoms with Crippen molar-refractivity contribution in [3.8, 4) is 0 Å². The summed E-state index contributed by atoms with van der Waals surface area (Å²) in [6.07, 6.45) is 34.7. The molecule has 47 heavy (non-hydrogen) atoms. The van der Waals surface area contributed by atoms with Gasteiger partial charge in [0.15, 0.2) is 9.84 Å². The van der Waals surface area contributed by atoms with Crippen LogP contribution in [-0.4, -0.2) is 31.6 Å². The van der Waals surface area contributed by atoms with Crippen molar-refractivity contribution in [3.05, 3.63) is 59.7 Å². The Hall–Kier alpha value is -1.56.